The first-order valence-electron chi connectivity index (χ1n) is 9.82. The van der Waals surface area contributed by atoms with Gasteiger partial charge in [0.25, 0.3) is 5.91 Å². The summed E-state index contributed by atoms with van der Waals surface area (Å²) in [6.07, 6.45) is 1.45. The van der Waals surface area contributed by atoms with E-state index in [9.17, 15) is 9.59 Å². The minimum atomic E-state index is -0.191. The zero-order valence-electron chi connectivity index (χ0n) is 16.7. The van der Waals surface area contributed by atoms with E-state index >= 15 is 0 Å². The van der Waals surface area contributed by atoms with Crippen molar-refractivity contribution in [3.05, 3.63) is 77.1 Å². The maximum atomic E-state index is 13.0. The molecule has 1 N–H and O–H groups in total. The number of amides is 2. The zero-order chi connectivity index (χ0) is 20.4. The Kier molecular flexibility index (Phi) is 5.16. The lowest BCUT2D eigenvalue weighted by atomic mass is 10.1. The van der Waals surface area contributed by atoms with Crippen LogP contribution in [-0.4, -0.2) is 28.1 Å². The molecule has 148 valence electrons. The fraction of sp³-hybridized carbons (Fsp3) is 0.261. The molecule has 3 aromatic rings. The average Bonchev–Trinajstić information content (AvgIpc) is 3.25. The Hall–Kier alpha value is -3.41. The van der Waals surface area contributed by atoms with Gasteiger partial charge in [-0.3, -0.25) is 14.3 Å². The van der Waals surface area contributed by atoms with E-state index in [1.165, 1.54) is 0 Å². The number of nitrogens with zero attached hydrogens (tertiary/aromatic N) is 3. The standard InChI is InChI=1S/C23H24N4O2/c1-16-22(17(2)27(25-16)15-18-8-4-3-5-9-18)23(29)24-19-10-6-11-20(14-19)26-13-7-12-21(26)28/h3-6,8-11,14H,7,12-13,15H2,1-2H3,(H,24,29). The first kappa shape index (κ1) is 18.9. The summed E-state index contributed by atoms with van der Waals surface area (Å²) < 4.78 is 1.86. The quantitative estimate of drug-likeness (QED) is 0.720. The maximum Gasteiger partial charge on any atom is 0.259 e. The van der Waals surface area contributed by atoms with Crippen molar-refractivity contribution in [2.75, 3.05) is 16.8 Å². The van der Waals surface area contributed by atoms with Gasteiger partial charge in [-0.2, -0.15) is 5.10 Å². The van der Waals surface area contributed by atoms with Crippen LogP contribution in [0.1, 0.15) is 40.2 Å². The smallest absolute Gasteiger partial charge is 0.259 e. The molecule has 1 fully saturated rings. The second kappa shape index (κ2) is 7.91. The summed E-state index contributed by atoms with van der Waals surface area (Å²) in [6.45, 7) is 5.11. The molecule has 0 spiro atoms. The summed E-state index contributed by atoms with van der Waals surface area (Å²) in [7, 11) is 0. The molecule has 1 aliphatic rings. The molecule has 2 heterocycles. The Morgan fingerprint density at radius 1 is 1.10 bits per heavy atom. The van der Waals surface area contributed by atoms with Crippen molar-refractivity contribution in [2.45, 2.75) is 33.2 Å². The summed E-state index contributed by atoms with van der Waals surface area (Å²) in [5.41, 5.74) is 4.73. The predicted molar refractivity (Wildman–Crippen MR) is 113 cm³/mol. The van der Waals surface area contributed by atoms with Gasteiger partial charge in [0.15, 0.2) is 0 Å². The highest BCUT2D eigenvalue weighted by atomic mass is 16.2. The molecule has 1 aliphatic heterocycles. The van der Waals surface area contributed by atoms with Crippen LogP contribution in [0.5, 0.6) is 0 Å². The van der Waals surface area contributed by atoms with Crippen LogP contribution >= 0.6 is 0 Å². The second-order valence-electron chi connectivity index (χ2n) is 7.34. The topological polar surface area (TPSA) is 67.2 Å². The number of benzene rings is 2. The minimum Gasteiger partial charge on any atom is -0.322 e. The molecule has 0 radical (unpaired) electrons. The molecule has 2 aromatic carbocycles. The molecule has 2 amide bonds. The van der Waals surface area contributed by atoms with Gasteiger partial charge in [-0.15, -0.1) is 0 Å². The Labute approximate surface area is 170 Å². The van der Waals surface area contributed by atoms with Crippen molar-refractivity contribution >= 4 is 23.2 Å². The number of hydrogen-bond donors (Lipinski definition) is 1. The fourth-order valence-corrected chi connectivity index (χ4v) is 3.80. The monoisotopic (exact) mass is 388 g/mol. The van der Waals surface area contributed by atoms with Crippen molar-refractivity contribution < 1.29 is 9.59 Å². The van der Waals surface area contributed by atoms with Crippen LogP contribution < -0.4 is 10.2 Å². The number of anilines is 2. The number of hydrogen-bond acceptors (Lipinski definition) is 3. The van der Waals surface area contributed by atoms with Crippen LogP contribution in [0.3, 0.4) is 0 Å². The molecule has 0 atom stereocenters. The normalized spacial score (nSPS) is 13.7. The highest BCUT2D eigenvalue weighted by Crippen LogP contribution is 2.25. The van der Waals surface area contributed by atoms with Crippen molar-refractivity contribution in [3.63, 3.8) is 0 Å². The number of nitrogens with one attached hydrogen (secondary N) is 1. The Balaban J connectivity index is 1.54. The number of carbonyl (C=O) groups excluding carboxylic acids is 2. The minimum absolute atomic E-state index is 0.127. The van der Waals surface area contributed by atoms with Gasteiger partial charge in [0, 0.05) is 30.0 Å². The number of rotatable bonds is 5. The van der Waals surface area contributed by atoms with E-state index in [-0.39, 0.29) is 11.8 Å². The molecular formula is C23H24N4O2. The third-order valence-electron chi connectivity index (χ3n) is 5.27. The molecule has 0 unspecified atom stereocenters. The van der Waals surface area contributed by atoms with Crippen LogP contribution in [0, 0.1) is 13.8 Å². The SMILES string of the molecule is Cc1nn(Cc2ccccc2)c(C)c1C(=O)Nc1cccc(N2CCCC2=O)c1. The van der Waals surface area contributed by atoms with Crippen LogP contribution in [0.25, 0.3) is 0 Å². The molecule has 0 aliphatic carbocycles. The van der Waals surface area contributed by atoms with Crippen LogP contribution in [0.2, 0.25) is 0 Å². The lowest BCUT2D eigenvalue weighted by Crippen LogP contribution is -2.23. The Morgan fingerprint density at radius 2 is 1.90 bits per heavy atom. The van der Waals surface area contributed by atoms with E-state index in [0.717, 1.165) is 29.9 Å². The number of carbonyl (C=O) groups is 2. The van der Waals surface area contributed by atoms with Gasteiger partial charge in [0.1, 0.15) is 0 Å². The van der Waals surface area contributed by atoms with Crippen LogP contribution in [-0.2, 0) is 11.3 Å². The first-order valence-corrected chi connectivity index (χ1v) is 9.82. The van der Waals surface area contributed by atoms with Crippen molar-refractivity contribution in [2.24, 2.45) is 0 Å². The molecule has 0 bridgehead atoms. The van der Waals surface area contributed by atoms with Crippen molar-refractivity contribution in [1.82, 2.24) is 9.78 Å². The summed E-state index contributed by atoms with van der Waals surface area (Å²) in [4.78, 5) is 26.7. The first-order chi connectivity index (χ1) is 14.0. The summed E-state index contributed by atoms with van der Waals surface area (Å²) in [6, 6.07) is 17.5. The van der Waals surface area contributed by atoms with E-state index in [0.29, 0.717) is 29.9 Å². The third kappa shape index (κ3) is 3.92. The van der Waals surface area contributed by atoms with E-state index in [1.54, 1.807) is 4.90 Å². The van der Waals surface area contributed by atoms with Gasteiger partial charge >= 0.3 is 0 Å². The predicted octanol–water partition coefficient (Wildman–Crippen LogP) is 3.93. The molecule has 6 nitrogen and oxygen atoms in total. The lowest BCUT2D eigenvalue weighted by molar-refractivity contribution is -0.117. The van der Waals surface area contributed by atoms with Gasteiger partial charge in [0.05, 0.1) is 17.8 Å². The van der Waals surface area contributed by atoms with Gasteiger partial charge in [-0.1, -0.05) is 36.4 Å². The Bertz CT molecular complexity index is 1060. The van der Waals surface area contributed by atoms with Gasteiger partial charge < -0.3 is 10.2 Å². The van der Waals surface area contributed by atoms with Crippen LogP contribution in [0.4, 0.5) is 11.4 Å². The van der Waals surface area contributed by atoms with E-state index < -0.39 is 0 Å². The van der Waals surface area contributed by atoms with E-state index in [1.807, 2.05) is 73.1 Å². The number of aromatic nitrogens is 2. The molecule has 4 rings (SSSR count). The zero-order valence-corrected chi connectivity index (χ0v) is 16.7. The third-order valence-corrected chi connectivity index (χ3v) is 5.27. The van der Waals surface area contributed by atoms with E-state index in [2.05, 4.69) is 10.4 Å². The summed E-state index contributed by atoms with van der Waals surface area (Å²) >= 11 is 0. The largest absolute Gasteiger partial charge is 0.322 e. The maximum absolute atomic E-state index is 13.0. The highest BCUT2D eigenvalue weighted by molar-refractivity contribution is 6.06. The second-order valence-corrected chi connectivity index (χ2v) is 7.34. The summed E-state index contributed by atoms with van der Waals surface area (Å²) in [5.74, 6) is -0.0634. The van der Waals surface area contributed by atoms with Crippen molar-refractivity contribution in [1.29, 1.82) is 0 Å². The molecular weight excluding hydrogens is 364 g/mol. The fourth-order valence-electron chi connectivity index (χ4n) is 3.80. The van der Waals surface area contributed by atoms with E-state index in [4.69, 9.17) is 0 Å². The lowest BCUT2D eigenvalue weighted by Gasteiger charge is -2.16. The van der Waals surface area contributed by atoms with Crippen LogP contribution in [0.15, 0.2) is 54.6 Å². The van der Waals surface area contributed by atoms with Gasteiger partial charge in [-0.25, -0.2) is 0 Å². The van der Waals surface area contributed by atoms with Crippen molar-refractivity contribution in [3.8, 4) is 0 Å². The molecule has 1 aromatic heterocycles. The van der Waals surface area contributed by atoms with Gasteiger partial charge in [0.2, 0.25) is 5.91 Å². The molecule has 6 heteroatoms. The van der Waals surface area contributed by atoms with Gasteiger partial charge in [-0.05, 0) is 44.0 Å². The molecule has 1 saturated heterocycles. The number of aryl methyl sites for hydroxylation is 1. The molecule has 29 heavy (non-hydrogen) atoms. The average molecular weight is 388 g/mol. The molecule has 0 saturated carbocycles. The summed E-state index contributed by atoms with van der Waals surface area (Å²) in [5, 5.41) is 7.53. The Morgan fingerprint density at radius 3 is 2.62 bits per heavy atom. The highest BCUT2D eigenvalue weighted by Gasteiger charge is 2.23.